The molecule has 0 atom stereocenters. The molecule has 0 saturated carbocycles. The van der Waals surface area contributed by atoms with Crippen molar-refractivity contribution in [3.05, 3.63) is 0 Å². The summed E-state index contributed by atoms with van der Waals surface area (Å²) >= 11 is 13.8. The second kappa shape index (κ2) is 3.85. The van der Waals surface area contributed by atoms with E-state index in [2.05, 4.69) is 33.7 Å². The van der Waals surface area contributed by atoms with Gasteiger partial charge in [0.25, 0.3) is 0 Å². The molecular weight excluding hydrogens is 272 g/mol. The van der Waals surface area contributed by atoms with Crippen LogP contribution in [0.4, 0.5) is 0 Å². The second-order valence-corrected chi connectivity index (χ2v) is 7.04. The van der Waals surface area contributed by atoms with Crippen LogP contribution >= 0.6 is 38.9 Å². The standard InChI is InChI=1S/Cl3OP.Sn/c1-5(2,3)4;. The normalized spacial score (nSPS) is 9.83. The quantitative estimate of drug-likeness (QED) is 0.489. The Morgan fingerprint density at radius 2 is 1.17 bits per heavy atom. The molecule has 0 heterocycles. The first kappa shape index (κ1) is 10.8. The van der Waals surface area contributed by atoms with E-state index in [0.29, 0.717) is 0 Å². The van der Waals surface area contributed by atoms with Crippen molar-refractivity contribution < 1.29 is 4.57 Å². The van der Waals surface area contributed by atoms with Crippen LogP contribution in [0, 0.1) is 0 Å². The van der Waals surface area contributed by atoms with Crippen molar-refractivity contribution in [2.75, 3.05) is 0 Å². The molecule has 0 aliphatic rings. The molecule has 36 valence electrons. The van der Waals surface area contributed by atoms with Crippen molar-refractivity contribution in [3.63, 3.8) is 0 Å². The topological polar surface area (TPSA) is 17.1 Å². The average Bonchev–Trinajstić information content (AvgIpc) is 0.722. The summed E-state index contributed by atoms with van der Waals surface area (Å²) in [6.45, 7) is 0. The molecule has 0 spiro atoms. The van der Waals surface area contributed by atoms with E-state index in [-0.39, 0.29) is 23.9 Å². The predicted octanol–water partition coefficient (Wildman–Crippen LogP) is 2.43. The third-order valence-electron chi connectivity index (χ3n) is 0. The van der Waals surface area contributed by atoms with E-state index in [4.69, 9.17) is 0 Å². The Balaban J connectivity index is 0. The number of hydrogen-bond donors (Lipinski definition) is 0. The van der Waals surface area contributed by atoms with Gasteiger partial charge < -0.3 is 0 Å². The van der Waals surface area contributed by atoms with Gasteiger partial charge >= 0.3 is 5.20 Å². The van der Waals surface area contributed by atoms with Crippen molar-refractivity contribution in [2.45, 2.75) is 0 Å². The minimum atomic E-state index is -3.22. The van der Waals surface area contributed by atoms with Gasteiger partial charge in [0.15, 0.2) is 0 Å². The molecule has 0 fully saturated rings. The third kappa shape index (κ3) is 39.3. The van der Waals surface area contributed by atoms with Gasteiger partial charge in [-0.1, -0.05) is 0 Å². The van der Waals surface area contributed by atoms with E-state index >= 15 is 0 Å². The van der Waals surface area contributed by atoms with Gasteiger partial charge in [0, 0.05) is 23.9 Å². The molecule has 0 rings (SSSR count). The number of hydrogen-bond acceptors (Lipinski definition) is 1. The van der Waals surface area contributed by atoms with Crippen molar-refractivity contribution >= 4 is 62.8 Å². The molecule has 0 N–H and O–H groups in total. The smallest absolute Gasteiger partial charge is 0.271 e. The van der Waals surface area contributed by atoms with Gasteiger partial charge in [-0.15, -0.1) is 0 Å². The average molecular weight is 272 g/mol. The maximum Gasteiger partial charge on any atom is 0.339 e. The van der Waals surface area contributed by atoms with Crippen molar-refractivity contribution in [2.24, 2.45) is 0 Å². The van der Waals surface area contributed by atoms with Crippen LogP contribution in [-0.2, 0) is 4.57 Å². The molecule has 0 aromatic heterocycles. The van der Waals surface area contributed by atoms with Crippen molar-refractivity contribution in [1.29, 1.82) is 0 Å². The zero-order chi connectivity index (χ0) is 4.50. The van der Waals surface area contributed by atoms with Gasteiger partial charge in [-0.3, -0.25) is 4.57 Å². The molecule has 0 aliphatic carbocycles. The maximum atomic E-state index is 9.51. The zero-order valence-corrected chi connectivity index (χ0v) is 8.51. The third-order valence-corrected chi connectivity index (χ3v) is 0. The van der Waals surface area contributed by atoms with Crippen LogP contribution in [0.5, 0.6) is 0 Å². The fraction of sp³-hybridized carbons (Fsp3) is 0. The van der Waals surface area contributed by atoms with Gasteiger partial charge in [0.05, 0.1) is 0 Å². The molecule has 4 radical (unpaired) electrons. The van der Waals surface area contributed by atoms with Gasteiger partial charge in [0.2, 0.25) is 0 Å². The first-order valence-corrected chi connectivity index (χ1v) is 5.11. The molecule has 0 saturated heterocycles. The van der Waals surface area contributed by atoms with Crippen LogP contribution in [0.2, 0.25) is 0 Å². The first-order chi connectivity index (χ1) is 2.00. The molecule has 0 bridgehead atoms. The molecule has 6 heteroatoms. The van der Waals surface area contributed by atoms with Gasteiger partial charge in [-0.2, -0.15) is 0 Å². The van der Waals surface area contributed by atoms with E-state index in [1.807, 2.05) is 0 Å². The molecule has 1 nitrogen and oxygen atoms in total. The van der Waals surface area contributed by atoms with E-state index in [9.17, 15) is 4.57 Å². The SMILES string of the molecule is O=P(Cl)(Cl)Cl.[Sn]. The van der Waals surface area contributed by atoms with Crippen LogP contribution < -0.4 is 0 Å². The summed E-state index contributed by atoms with van der Waals surface area (Å²) in [7, 11) is 0. The van der Waals surface area contributed by atoms with Crippen LogP contribution in [0.1, 0.15) is 0 Å². The van der Waals surface area contributed by atoms with Gasteiger partial charge in [-0.05, 0) is 33.7 Å². The minimum Gasteiger partial charge on any atom is -0.271 e. The van der Waals surface area contributed by atoms with Crippen molar-refractivity contribution in [1.82, 2.24) is 0 Å². The Morgan fingerprint density at radius 1 is 1.17 bits per heavy atom. The molecule has 0 aromatic carbocycles. The van der Waals surface area contributed by atoms with Crippen LogP contribution in [0.3, 0.4) is 0 Å². The second-order valence-electron chi connectivity index (χ2n) is 0.399. The zero-order valence-electron chi connectivity index (χ0n) is 2.49. The molecular formula is Cl3OPSn. The Labute approximate surface area is 67.0 Å². The van der Waals surface area contributed by atoms with Crippen molar-refractivity contribution in [3.8, 4) is 0 Å². The summed E-state index contributed by atoms with van der Waals surface area (Å²) in [5.74, 6) is 0. The van der Waals surface area contributed by atoms with Gasteiger partial charge in [-0.25, -0.2) is 0 Å². The summed E-state index contributed by atoms with van der Waals surface area (Å²) in [5.41, 5.74) is 0. The summed E-state index contributed by atoms with van der Waals surface area (Å²) in [4.78, 5) is 0. The number of rotatable bonds is 0. The largest absolute Gasteiger partial charge is 0.339 e. The predicted molar refractivity (Wildman–Crippen MR) is 30.9 cm³/mol. The fourth-order valence-electron chi connectivity index (χ4n) is 0. The Kier molecular flexibility index (Phi) is 6.93. The molecule has 6 heavy (non-hydrogen) atoms. The summed E-state index contributed by atoms with van der Waals surface area (Å²) in [6.07, 6.45) is 0. The van der Waals surface area contributed by atoms with Crippen LogP contribution in [-0.4, -0.2) is 23.9 Å². The van der Waals surface area contributed by atoms with Crippen LogP contribution in [0.25, 0.3) is 0 Å². The fourth-order valence-corrected chi connectivity index (χ4v) is 0. The molecule has 0 unspecified atom stereocenters. The summed E-state index contributed by atoms with van der Waals surface area (Å²) in [5, 5.41) is -3.22. The van der Waals surface area contributed by atoms with Gasteiger partial charge in [0.1, 0.15) is 0 Å². The summed E-state index contributed by atoms with van der Waals surface area (Å²) in [6, 6.07) is 0. The summed E-state index contributed by atoms with van der Waals surface area (Å²) < 4.78 is 9.51. The first-order valence-electron chi connectivity index (χ1n) is 0.690. The Bertz CT molecular complexity index is 56.9. The Hall–Kier alpha value is 1.90. The van der Waals surface area contributed by atoms with E-state index in [1.165, 1.54) is 0 Å². The molecule has 0 amide bonds. The van der Waals surface area contributed by atoms with Crippen LogP contribution in [0.15, 0.2) is 0 Å². The molecule has 0 aromatic rings. The van der Waals surface area contributed by atoms with E-state index in [0.717, 1.165) is 0 Å². The monoisotopic (exact) mass is 272 g/mol. The minimum absolute atomic E-state index is 0. The maximum absolute atomic E-state index is 9.51. The Morgan fingerprint density at radius 3 is 1.17 bits per heavy atom. The van der Waals surface area contributed by atoms with E-state index in [1.54, 1.807) is 0 Å². The molecule has 0 aliphatic heterocycles. The van der Waals surface area contributed by atoms with E-state index < -0.39 is 5.20 Å². The number of halogens is 3.